The van der Waals surface area contributed by atoms with Gasteiger partial charge < -0.3 is 4.74 Å². The van der Waals surface area contributed by atoms with Crippen LogP contribution in [0.15, 0.2) is 70.4 Å². The van der Waals surface area contributed by atoms with Gasteiger partial charge in [0, 0.05) is 6.08 Å². The van der Waals surface area contributed by atoms with Crippen LogP contribution in [0, 0.1) is 0 Å². The number of hydrogen-bond donors (Lipinski definition) is 0. The molecule has 0 aromatic carbocycles. The minimum absolute atomic E-state index is 0.294. The Hall–Kier alpha value is -2.09. The van der Waals surface area contributed by atoms with Crippen LogP contribution in [0.25, 0.3) is 0 Å². The zero-order valence-electron chi connectivity index (χ0n) is 19.8. The molecule has 0 N–H and O–H groups in total. The molecule has 2 heteroatoms. The molecule has 0 unspecified atom stereocenters. The molecule has 0 atom stereocenters. The topological polar surface area (TPSA) is 26.3 Å². The Balaban J connectivity index is 4.15. The van der Waals surface area contributed by atoms with Gasteiger partial charge in [-0.05, 0) is 93.1 Å². The van der Waals surface area contributed by atoms with Crippen LogP contribution in [0.3, 0.4) is 0 Å². The first kappa shape index (κ1) is 26.9. The summed E-state index contributed by atoms with van der Waals surface area (Å²) in [6.07, 6.45) is 20.4. The van der Waals surface area contributed by atoms with E-state index in [1.165, 1.54) is 33.9 Å². The second kappa shape index (κ2) is 16.8. The van der Waals surface area contributed by atoms with Crippen molar-refractivity contribution in [2.75, 3.05) is 6.61 Å². The number of allylic oxidation sites excluding steroid dienone is 10. The summed E-state index contributed by atoms with van der Waals surface area (Å²) in [4.78, 5) is 11.8. The molecule has 0 saturated heterocycles. The third kappa shape index (κ3) is 19.0. The summed E-state index contributed by atoms with van der Waals surface area (Å²) >= 11 is 0. The van der Waals surface area contributed by atoms with Crippen molar-refractivity contribution in [3.63, 3.8) is 0 Å². The Morgan fingerprint density at radius 1 is 0.655 bits per heavy atom. The van der Waals surface area contributed by atoms with Crippen molar-refractivity contribution in [2.45, 2.75) is 87.0 Å². The Morgan fingerprint density at radius 2 is 1.14 bits per heavy atom. The van der Waals surface area contributed by atoms with Gasteiger partial charge in [0.2, 0.25) is 0 Å². The maximum atomic E-state index is 11.8. The van der Waals surface area contributed by atoms with E-state index in [1.54, 1.807) is 6.08 Å². The van der Waals surface area contributed by atoms with Crippen LogP contribution in [0.5, 0.6) is 0 Å². The van der Waals surface area contributed by atoms with Gasteiger partial charge in [-0.3, -0.25) is 0 Å². The number of esters is 1. The number of carbonyl (C=O) groups is 1. The second-order valence-corrected chi connectivity index (χ2v) is 8.28. The van der Waals surface area contributed by atoms with Gasteiger partial charge in [0.15, 0.2) is 0 Å². The van der Waals surface area contributed by atoms with Crippen molar-refractivity contribution in [2.24, 2.45) is 0 Å². The molecule has 0 aromatic rings. The molecule has 0 radical (unpaired) electrons. The van der Waals surface area contributed by atoms with Gasteiger partial charge in [-0.15, -0.1) is 0 Å². The van der Waals surface area contributed by atoms with Crippen LogP contribution in [0.1, 0.15) is 87.0 Å². The summed E-state index contributed by atoms with van der Waals surface area (Å²) in [5, 5.41) is 0. The van der Waals surface area contributed by atoms with Gasteiger partial charge in [0.1, 0.15) is 6.61 Å². The van der Waals surface area contributed by atoms with E-state index >= 15 is 0 Å². The number of carbonyl (C=O) groups excluding carboxylic acids is 1. The average Bonchev–Trinajstić information content (AvgIpc) is 2.61. The fourth-order valence-corrected chi connectivity index (χ4v) is 2.62. The predicted octanol–water partition coefficient (Wildman–Crippen LogP) is 8.20. The molecule has 29 heavy (non-hydrogen) atoms. The van der Waals surface area contributed by atoms with E-state index in [0.29, 0.717) is 6.61 Å². The molecule has 0 rings (SSSR count). The Kier molecular flexibility index (Phi) is 15.6. The molecular weight excluding hydrogens is 356 g/mol. The molecule has 0 amide bonds. The minimum Gasteiger partial charge on any atom is -0.458 e. The highest BCUT2D eigenvalue weighted by molar-refractivity contribution is 5.82. The Morgan fingerprint density at radius 3 is 1.69 bits per heavy atom. The molecule has 162 valence electrons. The first-order valence-electron chi connectivity index (χ1n) is 10.8. The SMILES string of the molecule is CC(C)=CCCC(C)=CCCC(C)=CC=CC(=O)OC/C=C(\C)CCC=C(C)C. The van der Waals surface area contributed by atoms with Crippen LogP contribution < -0.4 is 0 Å². The van der Waals surface area contributed by atoms with E-state index in [0.717, 1.165) is 38.5 Å². The summed E-state index contributed by atoms with van der Waals surface area (Å²) in [6, 6.07) is 0. The highest BCUT2D eigenvalue weighted by Crippen LogP contribution is 2.11. The minimum atomic E-state index is -0.294. The normalized spacial score (nSPS) is 12.9. The maximum Gasteiger partial charge on any atom is 0.331 e. The van der Waals surface area contributed by atoms with E-state index in [1.807, 2.05) is 12.2 Å². The summed E-state index contributed by atoms with van der Waals surface area (Å²) in [7, 11) is 0. The lowest BCUT2D eigenvalue weighted by Gasteiger charge is -2.01. The predicted molar refractivity (Wildman–Crippen MR) is 128 cm³/mol. The van der Waals surface area contributed by atoms with Gasteiger partial charge in [0.25, 0.3) is 0 Å². The highest BCUT2D eigenvalue weighted by Gasteiger charge is 1.96. The maximum absolute atomic E-state index is 11.8. The van der Waals surface area contributed by atoms with Crippen LogP contribution in [0.4, 0.5) is 0 Å². The Labute approximate surface area is 179 Å². The largest absolute Gasteiger partial charge is 0.458 e. The van der Waals surface area contributed by atoms with Crippen molar-refractivity contribution in [1.29, 1.82) is 0 Å². The summed E-state index contributed by atoms with van der Waals surface area (Å²) in [6.45, 7) is 15.2. The second-order valence-electron chi connectivity index (χ2n) is 8.28. The van der Waals surface area contributed by atoms with E-state index in [9.17, 15) is 4.79 Å². The monoisotopic (exact) mass is 398 g/mol. The smallest absolute Gasteiger partial charge is 0.331 e. The molecular formula is C27H42O2. The molecule has 0 aliphatic carbocycles. The zero-order valence-corrected chi connectivity index (χ0v) is 19.8. The van der Waals surface area contributed by atoms with Crippen molar-refractivity contribution in [1.82, 2.24) is 0 Å². The summed E-state index contributed by atoms with van der Waals surface area (Å²) in [5.41, 5.74) is 6.67. The van der Waals surface area contributed by atoms with E-state index in [4.69, 9.17) is 4.74 Å². The van der Waals surface area contributed by atoms with Gasteiger partial charge in [-0.1, -0.05) is 58.2 Å². The standard InChI is InChI=1S/C27H42O2/c1-22(2)12-8-14-24(5)16-10-17-25(6)18-11-19-27(28)29-21-20-26(7)15-9-13-23(3)4/h11-13,16,18-20H,8-10,14-15,17,21H2,1-7H3/b19-11?,24-16?,25-18?,26-20+. The molecule has 0 fully saturated rings. The quantitative estimate of drug-likeness (QED) is 0.135. The van der Waals surface area contributed by atoms with Crippen molar-refractivity contribution in [3.8, 4) is 0 Å². The molecule has 0 bridgehead atoms. The zero-order chi connectivity index (χ0) is 22.1. The van der Waals surface area contributed by atoms with E-state index in [-0.39, 0.29) is 5.97 Å². The first-order valence-corrected chi connectivity index (χ1v) is 10.8. The van der Waals surface area contributed by atoms with Gasteiger partial charge in [-0.25, -0.2) is 4.79 Å². The number of rotatable bonds is 13. The fourth-order valence-electron chi connectivity index (χ4n) is 2.62. The van der Waals surface area contributed by atoms with E-state index in [2.05, 4.69) is 66.7 Å². The van der Waals surface area contributed by atoms with Crippen LogP contribution in [-0.2, 0) is 9.53 Å². The van der Waals surface area contributed by atoms with Gasteiger partial charge >= 0.3 is 5.97 Å². The highest BCUT2D eigenvalue weighted by atomic mass is 16.5. The summed E-state index contributed by atoms with van der Waals surface area (Å²) in [5.74, 6) is -0.294. The number of hydrogen-bond acceptors (Lipinski definition) is 2. The third-order valence-corrected chi connectivity index (χ3v) is 4.48. The molecule has 0 aliphatic heterocycles. The lowest BCUT2D eigenvalue weighted by Crippen LogP contribution is -2.00. The molecule has 2 nitrogen and oxygen atoms in total. The Bertz CT molecular complexity index is 659. The summed E-state index contributed by atoms with van der Waals surface area (Å²) < 4.78 is 5.23. The lowest BCUT2D eigenvalue weighted by atomic mass is 10.1. The van der Waals surface area contributed by atoms with Crippen LogP contribution >= 0.6 is 0 Å². The van der Waals surface area contributed by atoms with Crippen molar-refractivity contribution < 1.29 is 9.53 Å². The average molecular weight is 399 g/mol. The van der Waals surface area contributed by atoms with Crippen LogP contribution in [-0.4, -0.2) is 12.6 Å². The molecule has 0 spiro atoms. The molecule has 0 aromatic heterocycles. The van der Waals surface area contributed by atoms with Crippen molar-refractivity contribution >= 4 is 5.97 Å². The molecule has 0 heterocycles. The van der Waals surface area contributed by atoms with Crippen molar-refractivity contribution in [3.05, 3.63) is 70.4 Å². The third-order valence-electron chi connectivity index (χ3n) is 4.48. The molecule has 0 aliphatic rings. The molecule has 0 saturated carbocycles. The number of ether oxygens (including phenoxy) is 1. The first-order chi connectivity index (χ1) is 13.7. The van der Waals surface area contributed by atoms with Gasteiger partial charge in [-0.2, -0.15) is 0 Å². The van der Waals surface area contributed by atoms with Crippen LogP contribution in [0.2, 0.25) is 0 Å². The van der Waals surface area contributed by atoms with Gasteiger partial charge in [0.05, 0.1) is 0 Å². The lowest BCUT2D eigenvalue weighted by molar-refractivity contribution is -0.136. The van der Waals surface area contributed by atoms with E-state index < -0.39 is 0 Å². The fraction of sp³-hybridized carbons (Fsp3) is 0.519.